The minimum atomic E-state index is 0.624. The summed E-state index contributed by atoms with van der Waals surface area (Å²) in [5.74, 6) is 0. The largest absolute Gasteiger partial charge is 0.119 e. The third kappa shape index (κ3) is 5.41. The summed E-state index contributed by atoms with van der Waals surface area (Å²) in [5, 5.41) is 0.624. The van der Waals surface area contributed by atoms with E-state index in [9.17, 15) is 0 Å². The van der Waals surface area contributed by atoms with Gasteiger partial charge in [-0.2, -0.15) is 0 Å². The molecule has 0 spiro atoms. The summed E-state index contributed by atoms with van der Waals surface area (Å²) >= 11 is 1.96. The highest BCUT2D eigenvalue weighted by Crippen LogP contribution is 2.25. The number of benzene rings is 1. The van der Waals surface area contributed by atoms with Gasteiger partial charge in [0.25, 0.3) is 0 Å². The second-order valence-electron chi connectivity index (χ2n) is 3.95. The number of hydrogen-bond donors (Lipinski definition) is 0. The van der Waals surface area contributed by atoms with Crippen LogP contribution in [0.2, 0.25) is 0 Å². The molecule has 0 aliphatic carbocycles. The Kier molecular flexibility index (Phi) is 7.07. The smallest absolute Gasteiger partial charge is 0.0271 e. The zero-order valence-electron chi connectivity index (χ0n) is 10.4. The van der Waals surface area contributed by atoms with E-state index in [1.54, 1.807) is 0 Å². The highest BCUT2D eigenvalue weighted by atomic mass is 32.2. The highest BCUT2D eigenvalue weighted by Gasteiger charge is 2.02. The molecule has 1 rings (SSSR count). The lowest BCUT2D eigenvalue weighted by molar-refractivity contribution is 0.811. The summed E-state index contributed by atoms with van der Waals surface area (Å²) in [7, 11) is 0. The highest BCUT2D eigenvalue weighted by molar-refractivity contribution is 8.00. The Bertz CT molecular complexity index is 290. The van der Waals surface area contributed by atoms with Crippen LogP contribution in [-0.2, 0) is 0 Å². The normalized spacial score (nSPS) is 13.1. The van der Waals surface area contributed by atoms with Crippen molar-refractivity contribution in [2.45, 2.75) is 49.7 Å². The zero-order chi connectivity index (χ0) is 11.6. The Morgan fingerprint density at radius 1 is 1.19 bits per heavy atom. The molecule has 1 aromatic carbocycles. The second-order valence-corrected chi connectivity index (χ2v) is 5.26. The maximum atomic E-state index is 2.37. The molecule has 1 unspecified atom stereocenters. The van der Waals surface area contributed by atoms with E-state index in [0.717, 1.165) is 0 Å². The first kappa shape index (κ1) is 13.4. The number of rotatable bonds is 7. The van der Waals surface area contributed by atoms with Crippen LogP contribution < -0.4 is 0 Å². The number of thioether (sulfide) groups is 1. The lowest BCUT2D eigenvalue weighted by Crippen LogP contribution is -1.94. The van der Waals surface area contributed by atoms with Gasteiger partial charge in [0.2, 0.25) is 0 Å². The number of unbranched alkanes of at least 4 members (excludes halogenated alkanes) is 2. The summed E-state index contributed by atoms with van der Waals surface area (Å²) in [5.41, 5.74) is 0. The molecule has 0 N–H and O–H groups in total. The van der Waals surface area contributed by atoms with Crippen LogP contribution >= 0.6 is 11.8 Å². The van der Waals surface area contributed by atoms with Crippen LogP contribution in [-0.4, -0.2) is 5.25 Å². The van der Waals surface area contributed by atoms with Gasteiger partial charge in [-0.05, 0) is 25.0 Å². The molecule has 0 amide bonds. The van der Waals surface area contributed by atoms with Gasteiger partial charge in [0.1, 0.15) is 0 Å². The van der Waals surface area contributed by atoms with Gasteiger partial charge in [0.05, 0.1) is 0 Å². The molecule has 1 aromatic rings. The van der Waals surface area contributed by atoms with E-state index in [-0.39, 0.29) is 0 Å². The third-order valence-electron chi connectivity index (χ3n) is 2.51. The minimum absolute atomic E-state index is 0.624. The Hall–Kier alpha value is -0.690. The molecule has 0 aliphatic heterocycles. The average molecular weight is 234 g/mol. The lowest BCUT2D eigenvalue weighted by Gasteiger charge is -2.09. The SMILES string of the molecule is CCCC/C=C/C(CC)Sc1ccccc1. The molecule has 0 radical (unpaired) electrons. The van der Waals surface area contributed by atoms with Crippen LogP contribution in [0.5, 0.6) is 0 Å². The summed E-state index contributed by atoms with van der Waals surface area (Å²) in [6.07, 6.45) is 9.72. The van der Waals surface area contributed by atoms with Crippen LogP contribution in [0.4, 0.5) is 0 Å². The van der Waals surface area contributed by atoms with E-state index in [0.29, 0.717) is 5.25 Å². The Labute approximate surface area is 104 Å². The maximum Gasteiger partial charge on any atom is 0.0271 e. The van der Waals surface area contributed by atoms with Crippen LogP contribution in [0.15, 0.2) is 47.4 Å². The molecular weight excluding hydrogens is 212 g/mol. The van der Waals surface area contributed by atoms with Crippen molar-refractivity contribution in [3.8, 4) is 0 Å². The predicted molar refractivity (Wildman–Crippen MR) is 75.0 cm³/mol. The predicted octanol–water partition coefficient (Wildman–Crippen LogP) is 5.30. The van der Waals surface area contributed by atoms with E-state index >= 15 is 0 Å². The number of hydrogen-bond acceptors (Lipinski definition) is 1. The molecule has 0 nitrogen and oxygen atoms in total. The van der Waals surface area contributed by atoms with Crippen LogP contribution in [0.3, 0.4) is 0 Å². The van der Waals surface area contributed by atoms with Crippen molar-refractivity contribution < 1.29 is 0 Å². The molecule has 0 fully saturated rings. The fourth-order valence-electron chi connectivity index (χ4n) is 1.50. The maximum absolute atomic E-state index is 2.37. The zero-order valence-corrected chi connectivity index (χ0v) is 11.2. The fourth-order valence-corrected chi connectivity index (χ4v) is 2.52. The average Bonchev–Trinajstić information content (AvgIpc) is 2.34. The second kappa shape index (κ2) is 8.46. The molecule has 16 heavy (non-hydrogen) atoms. The van der Waals surface area contributed by atoms with Crippen LogP contribution in [0.1, 0.15) is 39.5 Å². The van der Waals surface area contributed by atoms with Crippen molar-refractivity contribution in [3.05, 3.63) is 42.5 Å². The quantitative estimate of drug-likeness (QED) is 0.350. The van der Waals surface area contributed by atoms with Gasteiger partial charge >= 0.3 is 0 Å². The van der Waals surface area contributed by atoms with Crippen molar-refractivity contribution in [1.82, 2.24) is 0 Å². The molecule has 88 valence electrons. The van der Waals surface area contributed by atoms with Crippen molar-refractivity contribution in [3.63, 3.8) is 0 Å². The molecule has 0 saturated heterocycles. The lowest BCUT2D eigenvalue weighted by atomic mass is 10.2. The van der Waals surface area contributed by atoms with E-state index in [1.165, 1.54) is 30.6 Å². The van der Waals surface area contributed by atoms with E-state index in [2.05, 4.69) is 56.3 Å². The molecule has 1 heteroatoms. The third-order valence-corrected chi connectivity index (χ3v) is 3.85. The molecule has 0 bridgehead atoms. The van der Waals surface area contributed by atoms with Gasteiger partial charge in [-0.15, -0.1) is 11.8 Å². The van der Waals surface area contributed by atoms with Crippen LogP contribution in [0, 0.1) is 0 Å². The Morgan fingerprint density at radius 2 is 1.94 bits per heavy atom. The van der Waals surface area contributed by atoms with Crippen LogP contribution in [0.25, 0.3) is 0 Å². The van der Waals surface area contributed by atoms with Gasteiger partial charge < -0.3 is 0 Å². The van der Waals surface area contributed by atoms with Gasteiger partial charge in [-0.1, -0.05) is 57.0 Å². The summed E-state index contributed by atoms with van der Waals surface area (Å²) in [6.45, 7) is 4.49. The molecule has 0 aromatic heterocycles. The fraction of sp³-hybridized carbons (Fsp3) is 0.467. The summed E-state index contributed by atoms with van der Waals surface area (Å²) in [6, 6.07) is 10.7. The minimum Gasteiger partial charge on any atom is -0.119 e. The standard InChI is InChI=1S/C15H22S/c1-3-5-6-8-11-14(4-2)16-15-12-9-7-10-13-15/h7-14H,3-6H2,1-2H3/b11-8+. The molecule has 0 heterocycles. The Morgan fingerprint density at radius 3 is 2.56 bits per heavy atom. The van der Waals surface area contributed by atoms with Gasteiger partial charge in [0.15, 0.2) is 0 Å². The van der Waals surface area contributed by atoms with Crippen molar-refractivity contribution in [2.75, 3.05) is 0 Å². The molecule has 0 saturated carbocycles. The van der Waals surface area contributed by atoms with E-state index in [1.807, 2.05) is 11.8 Å². The summed E-state index contributed by atoms with van der Waals surface area (Å²) in [4.78, 5) is 1.37. The summed E-state index contributed by atoms with van der Waals surface area (Å²) < 4.78 is 0. The van der Waals surface area contributed by atoms with E-state index < -0.39 is 0 Å². The first-order valence-electron chi connectivity index (χ1n) is 6.25. The van der Waals surface area contributed by atoms with Gasteiger partial charge in [-0.3, -0.25) is 0 Å². The van der Waals surface area contributed by atoms with Crippen molar-refractivity contribution in [2.24, 2.45) is 0 Å². The van der Waals surface area contributed by atoms with Gasteiger partial charge in [0, 0.05) is 10.1 Å². The first-order chi connectivity index (χ1) is 7.86. The van der Waals surface area contributed by atoms with E-state index in [4.69, 9.17) is 0 Å². The molecule has 0 aliphatic rings. The van der Waals surface area contributed by atoms with Crippen molar-refractivity contribution >= 4 is 11.8 Å². The molecular formula is C15H22S. The number of allylic oxidation sites excluding steroid dienone is 1. The first-order valence-corrected chi connectivity index (χ1v) is 7.13. The van der Waals surface area contributed by atoms with Gasteiger partial charge in [-0.25, -0.2) is 0 Å². The molecule has 1 atom stereocenters. The topological polar surface area (TPSA) is 0 Å². The Balaban J connectivity index is 2.40. The van der Waals surface area contributed by atoms with Crippen molar-refractivity contribution in [1.29, 1.82) is 0 Å². The monoisotopic (exact) mass is 234 g/mol.